The number of ether oxygens (including phenoxy) is 1. The van der Waals surface area contributed by atoms with Crippen molar-refractivity contribution in [2.24, 2.45) is 5.92 Å². The second kappa shape index (κ2) is 9.49. The van der Waals surface area contributed by atoms with Gasteiger partial charge in [-0.25, -0.2) is 18.0 Å². The van der Waals surface area contributed by atoms with Gasteiger partial charge in [0.2, 0.25) is 10.0 Å². The first kappa shape index (κ1) is 24.7. The Hall–Kier alpha value is -2.97. The highest BCUT2D eigenvalue weighted by atomic mass is 32.2. The Kier molecular flexibility index (Phi) is 7.09. The lowest BCUT2D eigenvalue weighted by atomic mass is 10.0. The first-order valence-corrected chi connectivity index (χ1v) is 12.2. The predicted octanol–water partition coefficient (Wildman–Crippen LogP) is 4.33. The molecule has 0 spiro atoms. The summed E-state index contributed by atoms with van der Waals surface area (Å²) in [6.07, 6.45) is 0.251. The van der Waals surface area contributed by atoms with Crippen LogP contribution in [0.15, 0.2) is 50.5 Å². The quantitative estimate of drug-likeness (QED) is 0.313. The van der Waals surface area contributed by atoms with Gasteiger partial charge in [-0.2, -0.15) is 4.72 Å². The lowest BCUT2D eigenvalue weighted by molar-refractivity contribution is -0.136. The van der Waals surface area contributed by atoms with Crippen LogP contribution in [0.25, 0.3) is 11.0 Å². The normalized spacial score (nSPS) is 12.8. The molecule has 3 aromatic rings. The molecule has 7 nitrogen and oxygen atoms in total. The molecule has 1 N–H and O–H groups in total. The first-order valence-electron chi connectivity index (χ1n) is 10.7. The number of aryl methyl sites for hydroxylation is 3. The topological polar surface area (TPSA) is 103 Å². The molecule has 176 valence electrons. The average molecular weight is 472 g/mol. The monoisotopic (exact) mass is 471 g/mol. The summed E-state index contributed by atoms with van der Waals surface area (Å²) in [5.74, 6) is -0.475. The summed E-state index contributed by atoms with van der Waals surface area (Å²) in [5, 5.41) is 0.510. The van der Waals surface area contributed by atoms with Gasteiger partial charge in [0.05, 0.1) is 10.3 Å². The van der Waals surface area contributed by atoms with Crippen LogP contribution in [0.4, 0.5) is 0 Å². The lowest BCUT2D eigenvalue weighted by Gasteiger charge is -2.20. The van der Waals surface area contributed by atoms with Crippen LogP contribution in [0.2, 0.25) is 0 Å². The molecule has 0 aliphatic rings. The largest absolute Gasteiger partial charge is 0.425 e. The number of fused-ring (bicyclic) bond motifs is 1. The highest BCUT2D eigenvalue weighted by Crippen LogP contribution is 2.31. The van der Waals surface area contributed by atoms with Crippen LogP contribution >= 0.6 is 0 Å². The van der Waals surface area contributed by atoms with Gasteiger partial charge in [0, 0.05) is 5.56 Å². The van der Waals surface area contributed by atoms with E-state index in [0.29, 0.717) is 22.1 Å². The third kappa shape index (κ3) is 5.51. The summed E-state index contributed by atoms with van der Waals surface area (Å²) < 4.78 is 39.5. The molecule has 0 saturated carbocycles. The van der Waals surface area contributed by atoms with Crippen molar-refractivity contribution in [1.29, 1.82) is 0 Å². The van der Waals surface area contributed by atoms with E-state index >= 15 is 0 Å². The van der Waals surface area contributed by atoms with Gasteiger partial charge in [-0.15, -0.1) is 0 Å². The Morgan fingerprint density at radius 2 is 1.64 bits per heavy atom. The molecule has 0 fully saturated rings. The smallest absolute Gasteiger partial charge is 0.339 e. The molecule has 0 saturated heterocycles. The molecule has 0 aliphatic carbocycles. The van der Waals surface area contributed by atoms with Crippen molar-refractivity contribution in [2.75, 3.05) is 0 Å². The molecule has 1 atom stereocenters. The van der Waals surface area contributed by atoms with Gasteiger partial charge in [0.1, 0.15) is 17.4 Å². The van der Waals surface area contributed by atoms with E-state index in [1.54, 1.807) is 45.0 Å². The van der Waals surface area contributed by atoms with Crippen molar-refractivity contribution < 1.29 is 22.4 Å². The van der Waals surface area contributed by atoms with E-state index in [9.17, 15) is 18.0 Å². The van der Waals surface area contributed by atoms with Gasteiger partial charge in [0.15, 0.2) is 0 Å². The van der Waals surface area contributed by atoms with Crippen LogP contribution in [0.1, 0.15) is 42.5 Å². The second-order valence-electron chi connectivity index (χ2n) is 8.81. The third-order valence-corrected chi connectivity index (χ3v) is 6.98. The van der Waals surface area contributed by atoms with E-state index in [1.165, 1.54) is 12.1 Å². The Morgan fingerprint density at radius 3 is 2.24 bits per heavy atom. The molecule has 0 radical (unpaired) electrons. The molecule has 1 heterocycles. The minimum absolute atomic E-state index is 0.0273. The summed E-state index contributed by atoms with van der Waals surface area (Å²) in [5.41, 5.74) is 2.58. The van der Waals surface area contributed by atoms with Crippen LogP contribution in [-0.2, 0) is 14.8 Å². The summed E-state index contributed by atoms with van der Waals surface area (Å²) >= 11 is 0. The van der Waals surface area contributed by atoms with Crippen molar-refractivity contribution in [2.45, 2.75) is 58.9 Å². The maximum Gasteiger partial charge on any atom is 0.339 e. The van der Waals surface area contributed by atoms with Gasteiger partial charge in [-0.3, -0.25) is 0 Å². The maximum absolute atomic E-state index is 13.2. The number of rotatable bonds is 7. The second-order valence-corrected chi connectivity index (χ2v) is 10.5. The van der Waals surface area contributed by atoms with Crippen molar-refractivity contribution in [3.63, 3.8) is 0 Å². The van der Waals surface area contributed by atoms with E-state index in [0.717, 1.165) is 11.1 Å². The van der Waals surface area contributed by atoms with Crippen molar-refractivity contribution in [3.05, 3.63) is 69.1 Å². The Labute approximate surface area is 193 Å². The zero-order valence-electron chi connectivity index (χ0n) is 19.7. The number of benzene rings is 2. The van der Waals surface area contributed by atoms with Crippen LogP contribution in [-0.4, -0.2) is 20.4 Å². The van der Waals surface area contributed by atoms with E-state index < -0.39 is 27.7 Å². The number of carbonyl (C=O) groups is 1. The summed E-state index contributed by atoms with van der Waals surface area (Å²) in [6.45, 7) is 10.8. The molecular weight excluding hydrogens is 442 g/mol. The zero-order chi connectivity index (χ0) is 24.5. The van der Waals surface area contributed by atoms with Crippen molar-refractivity contribution in [3.8, 4) is 5.75 Å². The number of hydrogen-bond donors (Lipinski definition) is 1. The predicted molar refractivity (Wildman–Crippen MR) is 127 cm³/mol. The maximum atomic E-state index is 13.2. The van der Waals surface area contributed by atoms with Gasteiger partial charge < -0.3 is 9.15 Å². The number of carbonyl (C=O) groups excluding carboxylic acids is 1. The SMILES string of the molecule is Cc1ccc(S(=O)(=O)N[C@@H](CC(C)C)C(=O)Oc2cc(C)cc3oc(=O)c(C)c(C)c23)cc1. The van der Waals surface area contributed by atoms with E-state index in [2.05, 4.69) is 4.72 Å². The minimum Gasteiger partial charge on any atom is -0.425 e. The van der Waals surface area contributed by atoms with Crippen molar-refractivity contribution in [1.82, 2.24) is 4.72 Å². The average Bonchev–Trinajstić information content (AvgIpc) is 2.71. The number of hydrogen-bond acceptors (Lipinski definition) is 6. The fourth-order valence-corrected chi connectivity index (χ4v) is 4.78. The summed E-state index contributed by atoms with van der Waals surface area (Å²) in [7, 11) is -3.94. The summed E-state index contributed by atoms with van der Waals surface area (Å²) in [4.78, 5) is 25.4. The fraction of sp³-hybridized carbons (Fsp3) is 0.360. The van der Waals surface area contributed by atoms with E-state index in [1.807, 2.05) is 20.8 Å². The molecule has 33 heavy (non-hydrogen) atoms. The first-order chi connectivity index (χ1) is 15.4. The van der Waals surface area contributed by atoms with Crippen LogP contribution in [0.3, 0.4) is 0 Å². The Bertz CT molecular complexity index is 1350. The molecule has 0 unspecified atom stereocenters. The molecule has 0 aliphatic heterocycles. The zero-order valence-corrected chi connectivity index (χ0v) is 20.5. The van der Waals surface area contributed by atoms with Gasteiger partial charge in [-0.05, 0) is 75.4 Å². The van der Waals surface area contributed by atoms with Gasteiger partial charge in [0.25, 0.3) is 0 Å². The highest BCUT2D eigenvalue weighted by Gasteiger charge is 2.29. The van der Waals surface area contributed by atoms with Gasteiger partial charge >= 0.3 is 11.6 Å². The molecule has 0 bridgehead atoms. The standard InChI is InChI=1S/C25H29NO6S/c1-14(2)11-20(26-33(29,30)19-9-7-15(3)8-10-19)25(28)32-22-13-16(4)12-21-23(22)17(5)18(6)24(27)31-21/h7-10,12-14,20,26H,11H2,1-6H3/t20-/m0/s1. The molecular formula is C25H29NO6S. The number of esters is 1. The molecule has 8 heteroatoms. The third-order valence-electron chi connectivity index (χ3n) is 5.49. The number of sulfonamides is 1. The van der Waals surface area contributed by atoms with E-state index in [-0.39, 0.29) is 23.0 Å². The van der Waals surface area contributed by atoms with Crippen LogP contribution < -0.4 is 15.1 Å². The Balaban J connectivity index is 1.99. The lowest BCUT2D eigenvalue weighted by Crippen LogP contribution is -2.43. The summed E-state index contributed by atoms with van der Waals surface area (Å²) in [6, 6.07) is 8.67. The fourth-order valence-electron chi connectivity index (χ4n) is 3.58. The van der Waals surface area contributed by atoms with Crippen LogP contribution in [0.5, 0.6) is 5.75 Å². The van der Waals surface area contributed by atoms with Crippen molar-refractivity contribution >= 4 is 27.0 Å². The molecule has 2 aromatic carbocycles. The number of nitrogens with one attached hydrogen (secondary N) is 1. The van der Waals surface area contributed by atoms with Crippen LogP contribution in [0, 0.1) is 33.6 Å². The molecule has 1 aromatic heterocycles. The Morgan fingerprint density at radius 1 is 1.00 bits per heavy atom. The molecule has 3 rings (SSSR count). The molecule has 0 amide bonds. The van der Waals surface area contributed by atoms with Gasteiger partial charge in [-0.1, -0.05) is 31.5 Å². The minimum atomic E-state index is -3.94. The highest BCUT2D eigenvalue weighted by molar-refractivity contribution is 7.89. The van der Waals surface area contributed by atoms with E-state index in [4.69, 9.17) is 9.15 Å².